The zero-order chi connectivity index (χ0) is 20.1. The molecule has 0 saturated carbocycles. The van der Waals surface area contributed by atoms with Crippen molar-refractivity contribution >= 4 is 46.4 Å². The zero-order valence-electron chi connectivity index (χ0n) is 14.7. The number of rotatable bonds is 5. The van der Waals surface area contributed by atoms with E-state index in [4.69, 9.17) is 27.6 Å². The molecule has 0 saturated heterocycles. The predicted molar refractivity (Wildman–Crippen MR) is 109 cm³/mol. The number of halogens is 2. The number of furan rings is 1. The summed E-state index contributed by atoms with van der Waals surface area (Å²) in [4.78, 5) is 24.2. The molecule has 28 heavy (non-hydrogen) atoms. The molecule has 0 aliphatic carbocycles. The van der Waals surface area contributed by atoms with Gasteiger partial charge in [-0.15, -0.1) is 0 Å². The van der Waals surface area contributed by atoms with Gasteiger partial charge in [0.15, 0.2) is 5.76 Å². The van der Waals surface area contributed by atoms with Gasteiger partial charge in [-0.3, -0.25) is 9.59 Å². The SMILES string of the molecule is C/C(=N\NC(=O)c1ccc(Cl)cc1Cl)c1ccc(NC(=O)c2ccco2)cc1. The highest BCUT2D eigenvalue weighted by Crippen LogP contribution is 2.20. The van der Waals surface area contributed by atoms with E-state index in [-0.39, 0.29) is 22.3 Å². The van der Waals surface area contributed by atoms with Crippen LogP contribution < -0.4 is 10.7 Å². The molecule has 1 aromatic heterocycles. The highest BCUT2D eigenvalue weighted by Gasteiger charge is 2.11. The Morgan fingerprint density at radius 2 is 1.75 bits per heavy atom. The maximum absolute atomic E-state index is 12.2. The van der Waals surface area contributed by atoms with E-state index in [9.17, 15) is 9.59 Å². The zero-order valence-corrected chi connectivity index (χ0v) is 16.2. The summed E-state index contributed by atoms with van der Waals surface area (Å²) in [5.74, 6) is -0.552. The van der Waals surface area contributed by atoms with E-state index in [0.29, 0.717) is 16.4 Å². The number of carbonyl (C=O) groups is 2. The van der Waals surface area contributed by atoms with Crippen LogP contribution in [0.2, 0.25) is 10.0 Å². The largest absolute Gasteiger partial charge is 0.459 e. The lowest BCUT2D eigenvalue weighted by molar-refractivity contribution is 0.0953. The van der Waals surface area contributed by atoms with Crippen LogP contribution in [0.3, 0.4) is 0 Å². The second-order valence-electron chi connectivity index (χ2n) is 5.77. The predicted octanol–water partition coefficient (Wildman–Crippen LogP) is 4.99. The summed E-state index contributed by atoms with van der Waals surface area (Å²) in [7, 11) is 0. The molecule has 2 amide bonds. The smallest absolute Gasteiger partial charge is 0.291 e. The fourth-order valence-electron chi connectivity index (χ4n) is 2.33. The number of carbonyl (C=O) groups excluding carboxylic acids is 2. The Labute approximate surface area is 171 Å². The van der Waals surface area contributed by atoms with E-state index in [0.717, 1.165) is 5.56 Å². The molecule has 142 valence electrons. The van der Waals surface area contributed by atoms with Crippen LogP contribution in [0.5, 0.6) is 0 Å². The van der Waals surface area contributed by atoms with Crippen molar-refractivity contribution in [3.8, 4) is 0 Å². The first-order chi connectivity index (χ1) is 13.4. The summed E-state index contributed by atoms with van der Waals surface area (Å²) in [5.41, 5.74) is 4.71. The third-order valence-corrected chi connectivity index (χ3v) is 4.35. The van der Waals surface area contributed by atoms with E-state index >= 15 is 0 Å². The summed E-state index contributed by atoms with van der Waals surface area (Å²) in [6.07, 6.45) is 1.43. The molecule has 8 heteroatoms. The minimum Gasteiger partial charge on any atom is -0.459 e. The van der Waals surface area contributed by atoms with Crippen LogP contribution in [-0.2, 0) is 0 Å². The van der Waals surface area contributed by atoms with Crippen molar-refractivity contribution < 1.29 is 14.0 Å². The minimum absolute atomic E-state index is 0.227. The fraction of sp³-hybridized carbons (Fsp3) is 0.0500. The molecule has 3 aromatic rings. The van der Waals surface area contributed by atoms with Gasteiger partial charge in [-0.1, -0.05) is 35.3 Å². The van der Waals surface area contributed by atoms with Gasteiger partial charge in [0, 0.05) is 10.7 Å². The Kier molecular flexibility index (Phi) is 6.13. The van der Waals surface area contributed by atoms with Gasteiger partial charge < -0.3 is 9.73 Å². The van der Waals surface area contributed by atoms with E-state index in [1.807, 2.05) is 0 Å². The van der Waals surface area contributed by atoms with Crippen molar-refractivity contribution in [2.45, 2.75) is 6.92 Å². The highest BCUT2D eigenvalue weighted by atomic mass is 35.5. The molecule has 6 nitrogen and oxygen atoms in total. The summed E-state index contributed by atoms with van der Waals surface area (Å²) in [6, 6.07) is 14.8. The number of nitrogens with one attached hydrogen (secondary N) is 2. The lowest BCUT2D eigenvalue weighted by atomic mass is 10.1. The third kappa shape index (κ3) is 4.79. The van der Waals surface area contributed by atoms with Crippen LogP contribution in [0.15, 0.2) is 70.4 Å². The van der Waals surface area contributed by atoms with Crippen molar-refractivity contribution in [3.63, 3.8) is 0 Å². The van der Waals surface area contributed by atoms with Gasteiger partial charge in [0.2, 0.25) is 0 Å². The maximum atomic E-state index is 12.2. The average Bonchev–Trinajstić information content (AvgIpc) is 3.21. The summed E-state index contributed by atoms with van der Waals surface area (Å²) in [6.45, 7) is 1.75. The molecule has 0 unspecified atom stereocenters. The monoisotopic (exact) mass is 415 g/mol. The molecular formula is C20H15Cl2N3O3. The quantitative estimate of drug-likeness (QED) is 0.454. The van der Waals surface area contributed by atoms with Crippen LogP contribution in [0.1, 0.15) is 33.4 Å². The van der Waals surface area contributed by atoms with Gasteiger partial charge in [-0.05, 0) is 55.0 Å². The summed E-state index contributed by atoms with van der Waals surface area (Å²) in [5, 5.41) is 7.50. The van der Waals surface area contributed by atoms with E-state index in [1.165, 1.54) is 18.4 Å². The summed E-state index contributed by atoms with van der Waals surface area (Å²) < 4.78 is 5.05. The summed E-state index contributed by atoms with van der Waals surface area (Å²) >= 11 is 11.8. The van der Waals surface area contributed by atoms with Crippen LogP contribution >= 0.6 is 23.2 Å². The Balaban J connectivity index is 1.64. The first-order valence-electron chi connectivity index (χ1n) is 8.19. The first-order valence-corrected chi connectivity index (χ1v) is 8.94. The van der Waals surface area contributed by atoms with Gasteiger partial charge in [0.1, 0.15) is 0 Å². The van der Waals surface area contributed by atoms with Gasteiger partial charge >= 0.3 is 0 Å². The topological polar surface area (TPSA) is 83.7 Å². The molecule has 3 rings (SSSR count). The standard InChI is InChI=1S/C20H15Cl2N3O3/c1-12(24-25-19(26)16-9-6-14(21)11-17(16)22)13-4-7-15(8-5-13)23-20(27)18-3-2-10-28-18/h2-11H,1H3,(H,23,27)(H,25,26)/b24-12+. The Morgan fingerprint density at radius 3 is 2.39 bits per heavy atom. The molecule has 0 aliphatic heterocycles. The van der Waals surface area contributed by atoms with Gasteiger partial charge in [-0.2, -0.15) is 5.10 Å². The fourth-order valence-corrected chi connectivity index (χ4v) is 2.82. The molecule has 0 radical (unpaired) electrons. The molecule has 0 aliphatic rings. The van der Waals surface area contributed by atoms with Crippen LogP contribution in [0, 0.1) is 0 Å². The van der Waals surface area contributed by atoms with Gasteiger partial charge in [-0.25, -0.2) is 5.43 Å². The number of benzene rings is 2. The molecule has 0 atom stereocenters. The van der Waals surface area contributed by atoms with E-state index in [1.54, 1.807) is 49.4 Å². The molecule has 0 spiro atoms. The van der Waals surface area contributed by atoms with E-state index < -0.39 is 5.91 Å². The number of hydrogen-bond donors (Lipinski definition) is 2. The molecule has 0 fully saturated rings. The van der Waals surface area contributed by atoms with Crippen molar-refractivity contribution in [3.05, 3.63) is 87.8 Å². The lowest BCUT2D eigenvalue weighted by Gasteiger charge is -2.07. The van der Waals surface area contributed by atoms with E-state index in [2.05, 4.69) is 15.8 Å². The number of anilines is 1. The molecule has 2 aromatic carbocycles. The van der Waals surface area contributed by atoms with Crippen molar-refractivity contribution in [1.82, 2.24) is 5.43 Å². The second-order valence-corrected chi connectivity index (χ2v) is 6.61. The van der Waals surface area contributed by atoms with Gasteiger partial charge in [0.25, 0.3) is 11.8 Å². The maximum Gasteiger partial charge on any atom is 0.291 e. The molecular weight excluding hydrogens is 401 g/mol. The third-order valence-electron chi connectivity index (χ3n) is 3.81. The van der Waals surface area contributed by atoms with Crippen molar-refractivity contribution in [1.29, 1.82) is 0 Å². The number of hydrazone groups is 1. The molecule has 0 bridgehead atoms. The normalized spacial score (nSPS) is 11.2. The Bertz CT molecular complexity index is 1030. The number of amides is 2. The number of nitrogens with zero attached hydrogens (tertiary/aromatic N) is 1. The first kappa shape index (κ1) is 19.7. The highest BCUT2D eigenvalue weighted by molar-refractivity contribution is 6.36. The van der Waals surface area contributed by atoms with Crippen LogP contribution in [0.25, 0.3) is 0 Å². The Morgan fingerprint density at radius 1 is 1.00 bits per heavy atom. The Hall–Kier alpha value is -3.09. The average molecular weight is 416 g/mol. The lowest BCUT2D eigenvalue weighted by Crippen LogP contribution is -2.19. The van der Waals surface area contributed by atoms with Gasteiger partial charge in [0.05, 0.1) is 22.6 Å². The minimum atomic E-state index is -0.441. The second kappa shape index (κ2) is 8.73. The van der Waals surface area contributed by atoms with Crippen LogP contribution in [-0.4, -0.2) is 17.5 Å². The van der Waals surface area contributed by atoms with Crippen LogP contribution in [0.4, 0.5) is 5.69 Å². The number of hydrogen-bond acceptors (Lipinski definition) is 4. The molecule has 2 N–H and O–H groups in total. The molecule has 1 heterocycles. The van der Waals surface area contributed by atoms with Crippen molar-refractivity contribution in [2.75, 3.05) is 5.32 Å². The van der Waals surface area contributed by atoms with Crippen molar-refractivity contribution in [2.24, 2.45) is 5.10 Å².